The van der Waals surface area contributed by atoms with Gasteiger partial charge in [-0.3, -0.25) is 4.98 Å². The minimum atomic E-state index is 0.106. The molecule has 1 unspecified atom stereocenters. The van der Waals surface area contributed by atoms with Gasteiger partial charge in [0.25, 0.3) is 0 Å². The second-order valence-corrected chi connectivity index (χ2v) is 3.29. The average Bonchev–Trinajstić information content (AvgIpc) is 2.30. The predicted octanol–water partition coefficient (Wildman–Crippen LogP) is 0.784. The van der Waals surface area contributed by atoms with Crippen LogP contribution in [0.2, 0.25) is 0 Å². The highest BCUT2D eigenvalue weighted by Crippen LogP contribution is 2.17. The van der Waals surface area contributed by atoms with Crippen molar-refractivity contribution < 1.29 is 4.74 Å². The molecule has 0 aliphatic carbocycles. The normalized spacial score (nSPS) is 21.9. The lowest BCUT2D eigenvalue weighted by molar-refractivity contribution is 0.0250. The van der Waals surface area contributed by atoms with Crippen LogP contribution in [-0.4, -0.2) is 31.7 Å². The summed E-state index contributed by atoms with van der Waals surface area (Å²) in [5.41, 5.74) is 2.02. The quantitative estimate of drug-likeness (QED) is 0.728. The molecule has 1 saturated heterocycles. The van der Waals surface area contributed by atoms with Crippen LogP contribution in [0.3, 0.4) is 0 Å². The van der Waals surface area contributed by atoms with E-state index in [0.717, 1.165) is 31.1 Å². The topological polar surface area (TPSA) is 46.2 Å². The molecule has 1 aliphatic heterocycles. The minimum absolute atomic E-state index is 0.106. The van der Waals surface area contributed by atoms with Gasteiger partial charge in [-0.2, -0.15) is 0 Å². The maximum absolute atomic E-state index is 5.59. The van der Waals surface area contributed by atoms with Crippen LogP contribution in [0.1, 0.15) is 11.8 Å². The molecule has 1 aliphatic rings. The van der Waals surface area contributed by atoms with Crippen molar-refractivity contribution in [2.45, 2.75) is 6.10 Å². The standard InChI is InChI=1S/C10H15N3O/c1-11-8-2-3-9(13-6-8)10-7-12-4-5-14-10/h2-3,6,10-12H,4-5,7H2,1H3. The number of nitrogens with one attached hydrogen (secondary N) is 2. The Morgan fingerprint density at radius 1 is 1.57 bits per heavy atom. The largest absolute Gasteiger partial charge is 0.387 e. The van der Waals surface area contributed by atoms with Gasteiger partial charge in [-0.05, 0) is 12.1 Å². The van der Waals surface area contributed by atoms with Gasteiger partial charge in [-0.25, -0.2) is 0 Å². The molecule has 0 amide bonds. The van der Waals surface area contributed by atoms with E-state index >= 15 is 0 Å². The second kappa shape index (κ2) is 4.39. The molecule has 2 heterocycles. The van der Waals surface area contributed by atoms with Gasteiger partial charge in [0.05, 0.1) is 24.2 Å². The number of hydrogen-bond donors (Lipinski definition) is 2. The molecule has 1 fully saturated rings. The molecule has 76 valence electrons. The summed E-state index contributed by atoms with van der Waals surface area (Å²) in [6.07, 6.45) is 1.93. The molecule has 0 bridgehead atoms. The number of rotatable bonds is 2. The van der Waals surface area contributed by atoms with Gasteiger partial charge < -0.3 is 15.4 Å². The number of nitrogens with zero attached hydrogens (tertiary/aromatic N) is 1. The third-order valence-corrected chi connectivity index (χ3v) is 2.33. The Hall–Kier alpha value is -1.13. The molecule has 0 saturated carbocycles. The molecule has 1 aromatic rings. The highest BCUT2D eigenvalue weighted by atomic mass is 16.5. The van der Waals surface area contributed by atoms with E-state index in [1.807, 2.05) is 25.4 Å². The van der Waals surface area contributed by atoms with E-state index in [1.165, 1.54) is 0 Å². The zero-order chi connectivity index (χ0) is 9.80. The molecule has 4 nitrogen and oxygen atoms in total. The lowest BCUT2D eigenvalue weighted by Crippen LogP contribution is -2.33. The SMILES string of the molecule is CNc1ccc(C2CNCCO2)nc1. The maximum atomic E-state index is 5.59. The summed E-state index contributed by atoms with van der Waals surface area (Å²) in [5, 5.41) is 6.32. The number of hydrogen-bond acceptors (Lipinski definition) is 4. The van der Waals surface area contributed by atoms with Crippen LogP contribution in [0.5, 0.6) is 0 Å². The van der Waals surface area contributed by atoms with Crippen molar-refractivity contribution in [3.8, 4) is 0 Å². The fraction of sp³-hybridized carbons (Fsp3) is 0.500. The molecular weight excluding hydrogens is 178 g/mol. The lowest BCUT2D eigenvalue weighted by Gasteiger charge is -2.23. The molecule has 1 atom stereocenters. The van der Waals surface area contributed by atoms with E-state index in [4.69, 9.17) is 4.74 Å². The zero-order valence-corrected chi connectivity index (χ0v) is 8.29. The monoisotopic (exact) mass is 193 g/mol. The zero-order valence-electron chi connectivity index (χ0n) is 8.29. The van der Waals surface area contributed by atoms with Crippen molar-refractivity contribution in [2.75, 3.05) is 32.1 Å². The van der Waals surface area contributed by atoms with Crippen LogP contribution < -0.4 is 10.6 Å². The van der Waals surface area contributed by atoms with Crippen LogP contribution in [0.25, 0.3) is 0 Å². The Balaban J connectivity index is 2.07. The molecule has 1 aromatic heterocycles. The third-order valence-electron chi connectivity index (χ3n) is 2.33. The summed E-state index contributed by atoms with van der Waals surface area (Å²) in [7, 11) is 1.88. The molecule has 0 spiro atoms. The number of anilines is 1. The Morgan fingerprint density at radius 2 is 2.50 bits per heavy atom. The molecule has 2 rings (SSSR count). The summed E-state index contributed by atoms with van der Waals surface area (Å²) < 4.78 is 5.59. The molecule has 2 N–H and O–H groups in total. The van der Waals surface area contributed by atoms with E-state index in [1.54, 1.807) is 0 Å². The Labute approximate surface area is 83.7 Å². The second-order valence-electron chi connectivity index (χ2n) is 3.29. The Morgan fingerprint density at radius 3 is 3.07 bits per heavy atom. The fourth-order valence-electron chi connectivity index (χ4n) is 1.50. The molecular formula is C10H15N3O. The van der Waals surface area contributed by atoms with Crippen molar-refractivity contribution in [1.82, 2.24) is 10.3 Å². The third kappa shape index (κ3) is 2.02. The van der Waals surface area contributed by atoms with Crippen molar-refractivity contribution in [3.63, 3.8) is 0 Å². The van der Waals surface area contributed by atoms with Gasteiger partial charge in [0.1, 0.15) is 6.10 Å². The van der Waals surface area contributed by atoms with Gasteiger partial charge >= 0.3 is 0 Å². The summed E-state index contributed by atoms with van der Waals surface area (Å²) in [6.45, 7) is 2.55. The van der Waals surface area contributed by atoms with Gasteiger partial charge in [0.2, 0.25) is 0 Å². The number of ether oxygens (including phenoxy) is 1. The highest BCUT2D eigenvalue weighted by Gasteiger charge is 2.16. The first kappa shape index (κ1) is 9.43. The smallest absolute Gasteiger partial charge is 0.112 e. The van der Waals surface area contributed by atoms with Crippen LogP contribution >= 0.6 is 0 Å². The van der Waals surface area contributed by atoms with Crippen LogP contribution in [-0.2, 0) is 4.74 Å². The van der Waals surface area contributed by atoms with E-state index < -0.39 is 0 Å². The van der Waals surface area contributed by atoms with Crippen LogP contribution in [0.15, 0.2) is 18.3 Å². The minimum Gasteiger partial charge on any atom is -0.387 e. The first-order valence-corrected chi connectivity index (χ1v) is 4.86. The van der Waals surface area contributed by atoms with Crippen molar-refractivity contribution >= 4 is 5.69 Å². The van der Waals surface area contributed by atoms with Gasteiger partial charge in [0.15, 0.2) is 0 Å². The summed E-state index contributed by atoms with van der Waals surface area (Å²) in [4.78, 5) is 4.35. The highest BCUT2D eigenvalue weighted by molar-refractivity contribution is 5.40. The van der Waals surface area contributed by atoms with Crippen LogP contribution in [0, 0.1) is 0 Å². The maximum Gasteiger partial charge on any atom is 0.112 e. The Kier molecular flexibility index (Phi) is 2.96. The van der Waals surface area contributed by atoms with E-state index in [0.29, 0.717) is 0 Å². The first-order chi connectivity index (χ1) is 6.90. The van der Waals surface area contributed by atoms with Crippen molar-refractivity contribution in [2.24, 2.45) is 0 Å². The van der Waals surface area contributed by atoms with Gasteiger partial charge in [0, 0.05) is 20.1 Å². The lowest BCUT2D eigenvalue weighted by atomic mass is 10.2. The first-order valence-electron chi connectivity index (χ1n) is 4.86. The summed E-state index contributed by atoms with van der Waals surface area (Å²) >= 11 is 0. The van der Waals surface area contributed by atoms with Crippen molar-refractivity contribution in [1.29, 1.82) is 0 Å². The molecule has 14 heavy (non-hydrogen) atoms. The number of pyridine rings is 1. The van der Waals surface area contributed by atoms with Gasteiger partial charge in [-0.1, -0.05) is 0 Å². The number of morpholine rings is 1. The molecule has 4 heteroatoms. The Bertz CT molecular complexity index is 280. The van der Waals surface area contributed by atoms with E-state index in [9.17, 15) is 0 Å². The van der Waals surface area contributed by atoms with Gasteiger partial charge in [-0.15, -0.1) is 0 Å². The average molecular weight is 193 g/mol. The fourth-order valence-corrected chi connectivity index (χ4v) is 1.50. The molecule has 0 radical (unpaired) electrons. The van der Waals surface area contributed by atoms with Crippen LogP contribution in [0.4, 0.5) is 5.69 Å². The predicted molar refractivity (Wildman–Crippen MR) is 55.3 cm³/mol. The van der Waals surface area contributed by atoms with E-state index in [2.05, 4.69) is 15.6 Å². The molecule has 0 aromatic carbocycles. The van der Waals surface area contributed by atoms with Crippen molar-refractivity contribution in [3.05, 3.63) is 24.0 Å². The van der Waals surface area contributed by atoms with E-state index in [-0.39, 0.29) is 6.10 Å². The number of aromatic nitrogens is 1. The summed E-state index contributed by atoms with van der Waals surface area (Å²) in [6, 6.07) is 4.02. The summed E-state index contributed by atoms with van der Waals surface area (Å²) in [5.74, 6) is 0.